The van der Waals surface area contributed by atoms with Gasteiger partial charge < -0.3 is 4.74 Å². The van der Waals surface area contributed by atoms with Crippen LogP contribution in [0.1, 0.15) is 36.2 Å². The van der Waals surface area contributed by atoms with Crippen molar-refractivity contribution < 1.29 is 9.53 Å². The van der Waals surface area contributed by atoms with Crippen molar-refractivity contribution in [2.24, 2.45) is 11.8 Å². The van der Waals surface area contributed by atoms with Crippen LogP contribution in [0.2, 0.25) is 0 Å². The minimum Gasteiger partial charge on any atom is -0.377 e. The summed E-state index contributed by atoms with van der Waals surface area (Å²) in [6.45, 7) is 5.54. The highest BCUT2D eigenvalue weighted by Crippen LogP contribution is 2.41. The highest BCUT2D eigenvalue weighted by molar-refractivity contribution is 5.99. The molecule has 3 rings (SSSR count). The van der Waals surface area contributed by atoms with Crippen LogP contribution in [0.25, 0.3) is 5.57 Å². The lowest BCUT2D eigenvalue weighted by atomic mass is 10.0. The average molecular weight is 320 g/mol. The lowest BCUT2D eigenvalue weighted by Crippen LogP contribution is -2.07. The number of rotatable bonds is 7. The van der Waals surface area contributed by atoms with Gasteiger partial charge in [0.05, 0.1) is 13.2 Å². The fourth-order valence-electron chi connectivity index (χ4n) is 2.98. The maximum atomic E-state index is 12.3. The van der Waals surface area contributed by atoms with Crippen LogP contribution in [-0.2, 0) is 4.74 Å². The maximum Gasteiger partial charge on any atom is 0.166 e. The molecular weight excluding hydrogens is 296 g/mol. The number of carbonyl (C=O) groups excluding carboxylic acids is 1. The Morgan fingerprint density at radius 1 is 0.958 bits per heavy atom. The molecule has 124 valence electrons. The first-order valence-electron chi connectivity index (χ1n) is 8.55. The van der Waals surface area contributed by atoms with E-state index < -0.39 is 0 Å². The normalized spacial score (nSPS) is 20.4. The Bertz CT molecular complexity index is 716. The van der Waals surface area contributed by atoms with Crippen molar-refractivity contribution in [2.45, 2.75) is 20.3 Å². The standard InChI is InChI=1S/C22H24O2/c1-16(17(2)18-9-5-3-6-10-18)14-24-15-20-13-21(20)22(23)19-11-7-4-8-12-19/h3-12,20-21H,13-15H2,1-2H3/b17-16+. The van der Waals surface area contributed by atoms with Gasteiger partial charge in [0.15, 0.2) is 5.78 Å². The van der Waals surface area contributed by atoms with Gasteiger partial charge in [0.2, 0.25) is 0 Å². The second kappa shape index (κ2) is 7.59. The summed E-state index contributed by atoms with van der Waals surface area (Å²) < 4.78 is 5.87. The van der Waals surface area contributed by atoms with E-state index >= 15 is 0 Å². The zero-order valence-corrected chi connectivity index (χ0v) is 14.4. The van der Waals surface area contributed by atoms with E-state index in [0.29, 0.717) is 19.1 Å². The van der Waals surface area contributed by atoms with Gasteiger partial charge in [0, 0.05) is 11.5 Å². The molecule has 0 aliphatic heterocycles. The van der Waals surface area contributed by atoms with Crippen molar-refractivity contribution in [1.82, 2.24) is 0 Å². The van der Waals surface area contributed by atoms with E-state index in [1.807, 2.05) is 36.4 Å². The molecule has 1 aliphatic rings. The van der Waals surface area contributed by atoms with E-state index in [1.54, 1.807) is 0 Å². The molecule has 2 aromatic rings. The van der Waals surface area contributed by atoms with Gasteiger partial charge >= 0.3 is 0 Å². The van der Waals surface area contributed by atoms with Crippen LogP contribution in [0.4, 0.5) is 0 Å². The number of ketones is 1. The Labute approximate surface area is 144 Å². The Morgan fingerprint density at radius 3 is 2.17 bits per heavy atom. The van der Waals surface area contributed by atoms with Crippen molar-refractivity contribution in [3.63, 3.8) is 0 Å². The molecule has 2 atom stereocenters. The molecule has 0 spiro atoms. The molecule has 1 saturated carbocycles. The molecule has 1 fully saturated rings. The number of carbonyl (C=O) groups is 1. The van der Waals surface area contributed by atoms with Crippen molar-refractivity contribution in [3.05, 3.63) is 77.4 Å². The third-order valence-electron chi connectivity index (χ3n) is 4.82. The first-order chi connectivity index (χ1) is 11.7. The Morgan fingerprint density at radius 2 is 1.54 bits per heavy atom. The molecule has 24 heavy (non-hydrogen) atoms. The maximum absolute atomic E-state index is 12.3. The van der Waals surface area contributed by atoms with E-state index in [1.165, 1.54) is 16.7 Å². The van der Waals surface area contributed by atoms with Crippen LogP contribution in [-0.4, -0.2) is 19.0 Å². The van der Waals surface area contributed by atoms with Crippen LogP contribution < -0.4 is 0 Å². The van der Waals surface area contributed by atoms with Gasteiger partial charge in [-0.05, 0) is 42.9 Å². The predicted molar refractivity (Wildman–Crippen MR) is 97.9 cm³/mol. The van der Waals surface area contributed by atoms with Gasteiger partial charge in [0.1, 0.15) is 0 Å². The Kier molecular flexibility index (Phi) is 5.27. The molecule has 0 bridgehead atoms. The molecule has 0 N–H and O–H groups in total. The second-order valence-electron chi connectivity index (χ2n) is 6.62. The monoisotopic (exact) mass is 320 g/mol. The largest absolute Gasteiger partial charge is 0.377 e. The lowest BCUT2D eigenvalue weighted by Gasteiger charge is -2.09. The van der Waals surface area contributed by atoms with E-state index in [-0.39, 0.29) is 11.7 Å². The van der Waals surface area contributed by atoms with E-state index in [4.69, 9.17) is 4.74 Å². The SMILES string of the molecule is C/C(COCC1CC1C(=O)c1ccccc1)=C(/C)c1ccccc1. The third kappa shape index (κ3) is 4.01. The highest BCUT2D eigenvalue weighted by Gasteiger charge is 2.42. The summed E-state index contributed by atoms with van der Waals surface area (Å²) >= 11 is 0. The van der Waals surface area contributed by atoms with Gasteiger partial charge in [-0.15, -0.1) is 0 Å². The fraction of sp³-hybridized carbons (Fsp3) is 0.318. The Hall–Kier alpha value is -2.19. The molecule has 2 nitrogen and oxygen atoms in total. The molecule has 2 heteroatoms. The molecular formula is C22H24O2. The third-order valence-corrected chi connectivity index (χ3v) is 4.82. The molecule has 0 amide bonds. The van der Waals surface area contributed by atoms with Crippen molar-refractivity contribution in [2.75, 3.05) is 13.2 Å². The summed E-state index contributed by atoms with van der Waals surface area (Å²) in [5.41, 5.74) is 4.57. The Balaban J connectivity index is 1.47. The highest BCUT2D eigenvalue weighted by atomic mass is 16.5. The number of benzene rings is 2. The zero-order valence-electron chi connectivity index (χ0n) is 14.4. The number of Topliss-reactive ketones (excluding diaryl/α,β-unsaturated/α-hetero) is 1. The number of allylic oxidation sites excluding steroid dienone is 1. The minimum absolute atomic E-state index is 0.145. The second-order valence-corrected chi connectivity index (χ2v) is 6.62. The van der Waals surface area contributed by atoms with Crippen molar-refractivity contribution in [3.8, 4) is 0 Å². The molecule has 2 aromatic carbocycles. The van der Waals surface area contributed by atoms with Crippen LogP contribution in [0.3, 0.4) is 0 Å². The van der Waals surface area contributed by atoms with Gasteiger partial charge in [0.25, 0.3) is 0 Å². The zero-order chi connectivity index (χ0) is 16.9. The lowest BCUT2D eigenvalue weighted by molar-refractivity contribution is 0.0935. The summed E-state index contributed by atoms with van der Waals surface area (Å²) in [6.07, 6.45) is 0.953. The van der Waals surface area contributed by atoms with E-state index in [9.17, 15) is 4.79 Å². The molecule has 0 heterocycles. The number of hydrogen-bond acceptors (Lipinski definition) is 2. The summed E-state index contributed by atoms with van der Waals surface area (Å²) in [5.74, 6) is 0.784. The van der Waals surface area contributed by atoms with Crippen LogP contribution in [0, 0.1) is 11.8 Å². The molecule has 2 unspecified atom stereocenters. The number of hydrogen-bond donors (Lipinski definition) is 0. The first-order valence-corrected chi connectivity index (χ1v) is 8.55. The average Bonchev–Trinajstić information content (AvgIpc) is 3.41. The summed E-state index contributed by atoms with van der Waals surface area (Å²) in [7, 11) is 0. The topological polar surface area (TPSA) is 26.3 Å². The predicted octanol–water partition coefficient (Wildman–Crippen LogP) is 5.02. The van der Waals surface area contributed by atoms with E-state index in [0.717, 1.165) is 12.0 Å². The van der Waals surface area contributed by atoms with Gasteiger partial charge in [-0.1, -0.05) is 60.7 Å². The molecule has 0 saturated heterocycles. The minimum atomic E-state index is 0.145. The molecule has 0 aromatic heterocycles. The summed E-state index contributed by atoms with van der Waals surface area (Å²) in [5, 5.41) is 0. The number of ether oxygens (including phenoxy) is 1. The summed E-state index contributed by atoms with van der Waals surface area (Å²) in [6, 6.07) is 19.9. The van der Waals surface area contributed by atoms with Gasteiger partial charge in [-0.3, -0.25) is 4.79 Å². The van der Waals surface area contributed by atoms with Crippen molar-refractivity contribution in [1.29, 1.82) is 0 Å². The first kappa shape index (κ1) is 16.7. The van der Waals surface area contributed by atoms with Crippen molar-refractivity contribution >= 4 is 11.4 Å². The van der Waals surface area contributed by atoms with Crippen LogP contribution >= 0.6 is 0 Å². The van der Waals surface area contributed by atoms with Gasteiger partial charge in [-0.2, -0.15) is 0 Å². The van der Waals surface area contributed by atoms with Gasteiger partial charge in [-0.25, -0.2) is 0 Å². The van der Waals surface area contributed by atoms with Crippen LogP contribution in [0.5, 0.6) is 0 Å². The molecule has 1 aliphatic carbocycles. The molecule has 0 radical (unpaired) electrons. The fourth-order valence-corrected chi connectivity index (χ4v) is 2.98. The summed E-state index contributed by atoms with van der Waals surface area (Å²) in [4.78, 5) is 12.3. The quantitative estimate of drug-likeness (QED) is 0.670. The smallest absolute Gasteiger partial charge is 0.166 e. The van der Waals surface area contributed by atoms with Crippen LogP contribution in [0.15, 0.2) is 66.2 Å². The van der Waals surface area contributed by atoms with E-state index in [2.05, 4.69) is 38.1 Å².